The molecule has 2 aromatic rings. The number of sulfone groups is 1. The first kappa shape index (κ1) is 15.6. The molecule has 1 amide bonds. The van der Waals surface area contributed by atoms with E-state index in [2.05, 4.69) is 4.57 Å². The van der Waals surface area contributed by atoms with Crippen molar-refractivity contribution in [3.05, 3.63) is 30.1 Å². The van der Waals surface area contributed by atoms with E-state index in [1.165, 1.54) is 0 Å². The van der Waals surface area contributed by atoms with E-state index in [4.69, 9.17) is 4.98 Å². The normalized spacial score (nSPS) is 26.3. The van der Waals surface area contributed by atoms with Crippen LogP contribution in [0.2, 0.25) is 0 Å². The summed E-state index contributed by atoms with van der Waals surface area (Å²) in [6, 6.07) is 7.88. The van der Waals surface area contributed by atoms with E-state index in [9.17, 15) is 13.2 Å². The SMILES string of the molecule is Cn1c([C@@H]2CCCN2C(=O)[C@@H]2CCS(=O)(=O)C2)nc2ccccc21. The van der Waals surface area contributed by atoms with Crippen molar-refractivity contribution in [1.29, 1.82) is 0 Å². The molecule has 2 saturated heterocycles. The zero-order chi connectivity index (χ0) is 16.9. The minimum Gasteiger partial charge on any atom is -0.332 e. The van der Waals surface area contributed by atoms with Gasteiger partial charge in [0, 0.05) is 13.6 Å². The second kappa shape index (κ2) is 5.58. The predicted molar refractivity (Wildman–Crippen MR) is 91.2 cm³/mol. The van der Waals surface area contributed by atoms with Crippen LogP contribution in [0.3, 0.4) is 0 Å². The highest BCUT2D eigenvalue weighted by atomic mass is 32.2. The first-order valence-electron chi connectivity index (χ1n) is 8.38. The maximum atomic E-state index is 12.9. The Morgan fingerprint density at radius 3 is 2.75 bits per heavy atom. The van der Waals surface area contributed by atoms with Gasteiger partial charge in [-0.25, -0.2) is 13.4 Å². The standard InChI is InChI=1S/C17H21N3O3S/c1-19-14-6-3-2-5-13(14)18-16(19)15-7-4-9-20(15)17(21)12-8-10-24(22,23)11-12/h2-3,5-6,12,15H,4,7-11H2,1H3/t12-,15+/m1/s1. The molecule has 0 spiro atoms. The number of amides is 1. The fraction of sp³-hybridized carbons (Fsp3) is 0.529. The number of imidazole rings is 1. The number of hydrogen-bond donors (Lipinski definition) is 0. The second-order valence-electron chi connectivity index (χ2n) is 6.81. The number of hydrogen-bond acceptors (Lipinski definition) is 4. The minimum atomic E-state index is -3.05. The summed E-state index contributed by atoms with van der Waals surface area (Å²) < 4.78 is 25.4. The lowest BCUT2D eigenvalue weighted by molar-refractivity contribution is -0.135. The number of nitrogens with zero attached hydrogens (tertiary/aromatic N) is 3. The molecule has 2 fully saturated rings. The van der Waals surface area contributed by atoms with Gasteiger partial charge in [-0.3, -0.25) is 4.79 Å². The van der Waals surface area contributed by atoms with Crippen LogP contribution >= 0.6 is 0 Å². The molecule has 0 bridgehead atoms. The molecule has 128 valence electrons. The van der Waals surface area contributed by atoms with E-state index >= 15 is 0 Å². The molecule has 2 aliphatic rings. The molecule has 0 N–H and O–H groups in total. The number of carbonyl (C=O) groups excluding carboxylic acids is 1. The third kappa shape index (κ3) is 2.51. The van der Waals surface area contributed by atoms with Gasteiger partial charge in [-0.1, -0.05) is 12.1 Å². The third-order valence-corrected chi connectivity index (χ3v) is 7.01. The molecule has 0 aliphatic carbocycles. The van der Waals surface area contributed by atoms with E-state index in [0.29, 0.717) is 13.0 Å². The molecule has 2 atom stereocenters. The molecule has 7 heteroatoms. The summed E-state index contributed by atoms with van der Waals surface area (Å²) in [5.74, 6) is 0.616. The van der Waals surface area contributed by atoms with Crippen LogP contribution in [-0.4, -0.2) is 46.8 Å². The zero-order valence-corrected chi connectivity index (χ0v) is 14.5. The molecular formula is C17H21N3O3S. The van der Waals surface area contributed by atoms with Crippen molar-refractivity contribution < 1.29 is 13.2 Å². The first-order valence-corrected chi connectivity index (χ1v) is 10.2. The van der Waals surface area contributed by atoms with Crippen molar-refractivity contribution in [2.45, 2.75) is 25.3 Å². The lowest BCUT2D eigenvalue weighted by Crippen LogP contribution is -2.37. The van der Waals surface area contributed by atoms with Gasteiger partial charge in [0.15, 0.2) is 9.84 Å². The van der Waals surface area contributed by atoms with Crippen molar-refractivity contribution in [1.82, 2.24) is 14.5 Å². The number of aromatic nitrogens is 2. The fourth-order valence-corrected chi connectivity index (χ4v) is 5.72. The summed E-state index contributed by atoms with van der Waals surface area (Å²) in [4.78, 5) is 19.5. The van der Waals surface area contributed by atoms with E-state index in [-0.39, 0.29) is 29.4 Å². The van der Waals surface area contributed by atoms with Gasteiger partial charge in [-0.2, -0.15) is 0 Å². The molecule has 1 aromatic carbocycles. The van der Waals surface area contributed by atoms with E-state index in [1.807, 2.05) is 36.2 Å². The molecule has 2 aliphatic heterocycles. The van der Waals surface area contributed by atoms with Gasteiger partial charge in [0.05, 0.1) is 34.5 Å². The molecule has 24 heavy (non-hydrogen) atoms. The number of benzene rings is 1. The number of carbonyl (C=O) groups is 1. The molecule has 6 nitrogen and oxygen atoms in total. The Balaban J connectivity index is 1.65. The van der Waals surface area contributed by atoms with Crippen LogP contribution in [-0.2, 0) is 21.7 Å². The number of para-hydroxylation sites is 2. The Hall–Kier alpha value is -1.89. The maximum absolute atomic E-state index is 12.9. The van der Waals surface area contributed by atoms with Crippen LogP contribution in [0.25, 0.3) is 11.0 Å². The molecule has 1 aromatic heterocycles. The first-order chi connectivity index (χ1) is 11.5. The summed E-state index contributed by atoms with van der Waals surface area (Å²) in [5.41, 5.74) is 1.98. The second-order valence-corrected chi connectivity index (χ2v) is 9.04. The third-order valence-electron chi connectivity index (χ3n) is 5.24. The lowest BCUT2D eigenvalue weighted by atomic mass is 10.1. The summed E-state index contributed by atoms with van der Waals surface area (Å²) in [6.45, 7) is 0.684. The van der Waals surface area contributed by atoms with Crippen LogP contribution in [0.4, 0.5) is 0 Å². The molecule has 3 heterocycles. The van der Waals surface area contributed by atoms with Gasteiger partial charge < -0.3 is 9.47 Å². The highest BCUT2D eigenvalue weighted by Crippen LogP contribution is 2.35. The summed E-state index contributed by atoms with van der Waals surface area (Å²) in [7, 11) is -1.07. The average molecular weight is 347 g/mol. The number of aryl methyl sites for hydroxylation is 1. The Bertz CT molecular complexity index is 903. The highest BCUT2D eigenvalue weighted by Gasteiger charge is 2.40. The van der Waals surface area contributed by atoms with Crippen LogP contribution in [0.1, 0.15) is 31.1 Å². The van der Waals surface area contributed by atoms with E-state index in [1.54, 1.807) is 0 Å². The van der Waals surface area contributed by atoms with Gasteiger partial charge in [0.2, 0.25) is 5.91 Å². The Morgan fingerprint density at radius 1 is 1.25 bits per heavy atom. The van der Waals surface area contributed by atoms with Gasteiger partial charge >= 0.3 is 0 Å². The topological polar surface area (TPSA) is 72.3 Å². The van der Waals surface area contributed by atoms with Crippen LogP contribution in [0.5, 0.6) is 0 Å². The largest absolute Gasteiger partial charge is 0.332 e. The molecule has 0 saturated carbocycles. The smallest absolute Gasteiger partial charge is 0.227 e. The van der Waals surface area contributed by atoms with Crippen molar-refractivity contribution >= 4 is 26.8 Å². The fourth-order valence-electron chi connectivity index (χ4n) is 3.99. The number of likely N-dealkylation sites (tertiary alicyclic amines) is 1. The van der Waals surface area contributed by atoms with Crippen molar-refractivity contribution in [2.75, 3.05) is 18.1 Å². The summed E-state index contributed by atoms with van der Waals surface area (Å²) in [5, 5.41) is 0. The molecule has 0 unspecified atom stereocenters. The number of fused-ring (bicyclic) bond motifs is 1. The van der Waals surface area contributed by atoms with Crippen LogP contribution in [0.15, 0.2) is 24.3 Å². The molecule has 0 radical (unpaired) electrons. The van der Waals surface area contributed by atoms with Crippen LogP contribution < -0.4 is 0 Å². The van der Waals surface area contributed by atoms with Crippen molar-refractivity contribution in [3.8, 4) is 0 Å². The molecule has 4 rings (SSSR count). The van der Waals surface area contributed by atoms with Gasteiger partial charge in [-0.05, 0) is 31.4 Å². The summed E-state index contributed by atoms with van der Waals surface area (Å²) in [6.07, 6.45) is 2.26. The Kier molecular flexibility index (Phi) is 3.63. The quantitative estimate of drug-likeness (QED) is 0.828. The van der Waals surface area contributed by atoms with Crippen LogP contribution in [0, 0.1) is 5.92 Å². The lowest BCUT2D eigenvalue weighted by Gasteiger charge is -2.26. The van der Waals surface area contributed by atoms with Gasteiger partial charge in [-0.15, -0.1) is 0 Å². The van der Waals surface area contributed by atoms with Gasteiger partial charge in [0.1, 0.15) is 5.82 Å². The molecular weight excluding hydrogens is 326 g/mol. The van der Waals surface area contributed by atoms with E-state index in [0.717, 1.165) is 29.7 Å². The zero-order valence-electron chi connectivity index (χ0n) is 13.7. The maximum Gasteiger partial charge on any atom is 0.227 e. The minimum absolute atomic E-state index is 0.00239. The van der Waals surface area contributed by atoms with Gasteiger partial charge in [0.25, 0.3) is 0 Å². The van der Waals surface area contributed by atoms with Crippen molar-refractivity contribution in [3.63, 3.8) is 0 Å². The Labute approximate surface area is 141 Å². The monoisotopic (exact) mass is 347 g/mol. The highest BCUT2D eigenvalue weighted by molar-refractivity contribution is 7.91. The predicted octanol–water partition coefficient (Wildman–Crippen LogP) is 1.67. The van der Waals surface area contributed by atoms with Crippen molar-refractivity contribution in [2.24, 2.45) is 13.0 Å². The van der Waals surface area contributed by atoms with E-state index < -0.39 is 9.84 Å². The average Bonchev–Trinajstić information content (AvgIpc) is 3.24. The summed E-state index contributed by atoms with van der Waals surface area (Å²) >= 11 is 0. The Morgan fingerprint density at radius 2 is 2.04 bits per heavy atom. The number of rotatable bonds is 2.